The Balaban J connectivity index is 1.57. The predicted molar refractivity (Wildman–Crippen MR) is 113 cm³/mol. The first-order valence-electron chi connectivity index (χ1n) is 7.97. The number of thiocarbonyl (C=S) groups is 1. The van der Waals surface area contributed by atoms with Crippen molar-refractivity contribution < 1.29 is 19.3 Å². The van der Waals surface area contributed by atoms with E-state index < -0.39 is 22.6 Å². The van der Waals surface area contributed by atoms with Crippen molar-refractivity contribution >= 4 is 69.1 Å². The third kappa shape index (κ3) is 5.04. The standard InChI is InChI=1S/C17H12N4O5S3/c22-14(18-19-15(23)10-3-1-4-11(7-10)21(25)26)9-20-16(24)13(29-17(20)27)8-12-5-2-6-28-12/h1-8H,9H2,(H,18,22)(H,19,23)/b13-8+. The molecule has 9 nitrogen and oxygen atoms in total. The molecule has 1 aliphatic rings. The molecular formula is C17H12N4O5S3. The van der Waals surface area contributed by atoms with E-state index in [0.717, 1.165) is 27.6 Å². The highest BCUT2D eigenvalue weighted by molar-refractivity contribution is 8.26. The SMILES string of the molecule is O=C(CN1C(=O)/C(=C\c2cccs2)SC1=S)NNC(=O)c1cccc([N+](=O)[O-])c1. The average Bonchev–Trinajstić information content (AvgIpc) is 3.30. The number of thiophene rings is 1. The fourth-order valence-electron chi connectivity index (χ4n) is 2.28. The van der Waals surface area contributed by atoms with Gasteiger partial charge in [-0.2, -0.15) is 0 Å². The third-order valence-corrected chi connectivity index (χ3v) is 5.82. The van der Waals surface area contributed by atoms with Crippen molar-refractivity contribution in [3.8, 4) is 0 Å². The van der Waals surface area contributed by atoms with Gasteiger partial charge in [0.15, 0.2) is 0 Å². The Kier molecular flexibility index (Phi) is 6.36. The Morgan fingerprint density at radius 2 is 2.03 bits per heavy atom. The zero-order chi connectivity index (χ0) is 21.0. The second-order valence-electron chi connectivity index (χ2n) is 5.59. The van der Waals surface area contributed by atoms with Crippen LogP contribution < -0.4 is 10.9 Å². The van der Waals surface area contributed by atoms with E-state index in [-0.39, 0.29) is 22.1 Å². The van der Waals surface area contributed by atoms with Crippen LogP contribution in [0.1, 0.15) is 15.2 Å². The second-order valence-corrected chi connectivity index (χ2v) is 8.25. The topological polar surface area (TPSA) is 122 Å². The first-order valence-corrected chi connectivity index (χ1v) is 10.1. The molecule has 3 amide bonds. The Labute approximate surface area is 177 Å². The zero-order valence-electron chi connectivity index (χ0n) is 14.5. The molecule has 1 aromatic heterocycles. The molecule has 0 saturated carbocycles. The summed E-state index contributed by atoms with van der Waals surface area (Å²) in [6.07, 6.45) is 1.70. The zero-order valence-corrected chi connectivity index (χ0v) is 16.9. The van der Waals surface area contributed by atoms with Crippen molar-refractivity contribution in [3.63, 3.8) is 0 Å². The lowest BCUT2D eigenvalue weighted by Gasteiger charge is -2.14. The largest absolute Gasteiger partial charge is 0.283 e. The number of thioether (sulfide) groups is 1. The van der Waals surface area contributed by atoms with E-state index in [1.54, 1.807) is 6.08 Å². The maximum Gasteiger partial charge on any atom is 0.270 e. The molecule has 2 N–H and O–H groups in total. The van der Waals surface area contributed by atoms with Crippen molar-refractivity contribution in [1.29, 1.82) is 0 Å². The molecule has 1 aliphatic heterocycles. The maximum absolute atomic E-state index is 12.5. The van der Waals surface area contributed by atoms with Gasteiger partial charge in [0.1, 0.15) is 10.9 Å². The molecule has 12 heteroatoms. The van der Waals surface area contributed by atoms with Gasteiger partial charge < -0.3 is 0 Å². The Hall–Kier alpha value is -3.09. The lowest BCUT2D eigenvalue weighted by molar-refractivity contribution is -0.384. The average molecular weight is 449 g/mol. The number of rotatable bonds is 5. The minimum absolute atomic E-state index is 0.00370. The molecule has 3 rings (SSSR count). The van der Waals surface area contributed by atoms with Gasteiger partial charge in [0.05, 0.1) is 9.83 Å². The van der Waals surface area contributed by atoms with Crippen LogP contribution in [0, 0.1) is 10.1 Å². The van der Waals surface area contributed by atoms with Gasteiger partial charge in [-0.1, -0.05) is 36.1 Å². The first-order chi connectivity index (χ1) is 13.8. The van der Waals surface area contributed by atoms with E-state index in [1.165, 1.54) is 29.5 Å². The number of nitro groups is 1. The van der Waals surface area contributed by atoms with Crippen LogP contribution in [-0.4, -0.2) is 38.4 Å². The molecule has 148 valence electrons. The normalized spacial score (nSPS) is 14.9. The summed E-state index contributed by atoms with van der Waals surface area (Å²) >= 11 is 7.72. The van der Waals surface area contributed by atoms with Gasteiger partial charge in [0.2, 0.25) is 0 Å². The van der Waals surface area contributed by atoms with E-state index in [1.807, 2.05) is 17.5 Å². The molecule has 0 spiro atoms. The summed E-state index contributed by atoms with van der Waals surface area (Å²) in [5, 5.41) is 12.7. The van der Waals surface area contributed by atoms with Crippen LogP contribution in [0.15, 0.2) is 46.7 Å². The van der Waals surface area contributed by atoms with E-state index in [9.17, 15) is 24.5 Å². The Morgan fingerprint density at radius 1 is 1.24 bits per heavy atom. The summed E-state index contributed by atoms with van der Waals surface area (Å²) in [5.41, 5.74) is 4.08. The number of hydrazine groups is 1. The van der Waals surface area contributed by atoms with Crippen LogP contribution in [0.3, 0.4) is 0 Å². The fraction of sp³-hybridized carbons (Fsp3) is 0.0588. The summed E-state index contributed by atoms with van der Waals surface area (Å²) < 4.78 is 0.234. The molecule has 0 atom stereocenters. The Morgan fingerprint density at radius 3 is 2.72 bits per heavy atom. The molecule has 1 saturated heterocycles. The molecule has 1 fully saturated rings. The summed E-state index contributed by atoms with van der Waals surface area (Å²) in [6, 6.07) is 8.76. The molecule has 29 heavy (non-hydrogen) atoms. The van der Waals surface area contributed by atoms with Gasteiger partial charge in [0.25, 0.3) is 23.4 Å². The van der Waals surface area contributed by atoms with Crippen LogP contribution in [0.2, 0.25) is 0 Å². The van der Waals surface area contributed by atoms with Crippen LogP contribution in [0.4, 0.5) is 5.69 Å². The summed E-state index contributed by atoms with van der Waals surface area (Å²) in [5.74, 6) is -1.80. The lowest BCUT2D eigenvalue weighted by Crippen LogP contribution is -2.47. The molecule has 0 unspecified atom stereocenters. The van der Waals surface area contributed by atoms with Gasteiger partial charge in [-0.25, -0.2) is 0 Å². The fourth-order valence-corrected chi connectivity index (χ4v) is 4.26. The van der Waals surface area contributed by atoms with Crippen LogP contribution in [-0.2, 0) is 9.59 Å². The van der Waals surface area contributed by atoms with E-state index in [2.05, 4.69) is 10.9 Å². The van der Waals surface area contributed by atoms with Crippen LogP contribution >= 0.6 is 35.3 Å². The van der Waals surface area contributed by atoms with Crippen molar-refractivity contribution in [1.82, 2.24) is 15.8 Å². The van der Waals surface area contributed by atoms with Gasteiger partial charge in [-0.3, -0.25) is 40.2 Å². The van der Waals surface area contributed by atoms with Gasteiger partial charge in [-0.15, -0.1) is 11.3 Å². The predicted octanol–water partition coefficient (Wildman–Crippen LogP) is 2.32. The molecule has 0 bridgehead atoms. The van der Waals surface area contributed by atoms with E-state index in [0.29, 0.717) is 4.91 Å². The number of non-ortho nitro benzene ring substituents is 1. The summed E-state index contributed by atoms with van der Waals surface area (Å²) in [7, 11) is 0. The number of nitrogens with zero attached hydrogens (tertiary/aromatic N) is 2. The van der Waals surface area contributed by atoms with Crippen molar-refractivity contribution in [2.75, 3.05) is 6.54 Å². The van der Waals surface area contributed by atoms with Crippen molar-refractivity contribution in [2.45, 2.75) is 0 Å². The number of nitro benzene ring substituents is 1. The quantitative estimate of drug-likeness (QED) is 0.312. The summed E-state index contributed by atoms with van der Waals surface area (Å²) in [6.45, 7) is -0.373. The monoisotopic (exact) mass is 448 g/mol. The number of hydrogen-bond donors (Lipinski definition) is 2. The molecule has 2 heterocycles. The highest BCUT2D eigenvalue weighted by Gasteiger charge is 2.33. The molecule has 0 aliphatic carbocycles. The van der Waals surface area contributed by atoms with Gasteiger partial charge >= 0.3 is 0 Å². The molecule has 0 radical (unpaired) electrons. The van der Waals surface area contributed by atoms with Gasteiger partial charge in [0, 0.05) is 22.6 Å². The highest BCUT2D eigenvalue weighted by atomic mass is 32.2. The summed E-state index contributed by atoms with van der Waals surface area (Å²) in [4.78, 5) is 49.2. The molecule has 1 aromatic carbocycles. The number of hydrogen-bond acceptors (Lipinski definition) is 8. The number of carbonyl (C=O) groups is 3. The Bertz CT molecular complexity index is 1040. The van der Waals surface area contributed by atoms with E-state index in [4.69, 9.17) is 12.2 Å². The van der Waals surface area contributed by atoms with Crippen LogP contribution in [0.25, 0.3) is 6.08 Å². The number of amides is 3. The maximum atomic E-state index is 12.5. The smallest absolute Gasteiger partial charge is 0.270 e. The van der Waals surface area contributed by atoms with Crippen molar-refractivity contribution in [2.24, 2.45) is 0 Å². The lowest BCUT2D eigenvalue weighted by atomic mass is 10.2. The second kappa shape index (κ2) is 8.94. The van der Waals surface area contributed by atoms with Crippen molar-refractivity contribution in [3.05, 3.63) is 67.2 Å². The number of benzene rings is 1. The first kappa shape index (κ1) is 20.6. The minimum atomic E-state index is -0.731. The molecular weight excluding hydrogens is 436 g/mol. The number of carbonyl (C=O) groups excluding carboxylic acids is 3. The third-order valence-electron chi connectivity index (χ3n) is 3.63. The highest BCUT2D eigenvalue weighted by Crippen LogP contribution is 2.32. The van der Waals surface area contributed by atoms with Gasteiger partial charge in [-0.05, 0) is 23.6 Å². The molecule has 2 aromatic rings. The number of nitrogens with one attached hydrogen (secondary N) is 2. The van der Waals surface area contributed by atoms with E-state index >= 15 is 0 Å². The van der Waals surface area contributed by atoms with Crippen LogP contribution in [0.5, 0.6) is 0 Å². The minimum Gasteiger partial charge on any atom is -0.283 e.